The van der Waals surface area contributed by atoms with Crippen LogP contribution in [0.1, 0.15) is 26.7 Å². The molecule has 0 aromatic rings. The normalized spacial score (nSPS) is 32.2. The molecular formula is C10H21NO. The summed E-state index contributed by atoms with van der Waals surface area (Å²) < 4.78 is 5.73. The van der Waals surface area contributed by atoms with Crippen molar-refractivity contribution in [3.05, 3.63) is 0 Å². The predicted molar refractivity (Wildman–Crippen MR) is 51.2 cm³/mol. The van der Waals surface area contributed by atoms with Gasteiger partial charge in [0.15, 0.2) is 0 Å². The van der Waals surface area contributed by atoms with Gasteiger partial charge in [0.05, 0.1) is 6.10 Å². The Labute approximate surface area is 75.7 Å². The minimum Gasteiger partial charge on any atom is -0.378 e. The van der Waals surface area contributed by atoms with Crippen molar-refractivity contribution >= 4 is 0 Å². The van der Waals surface area contributed by atoms with Gasteiger partial charge in [0.25, 0.3) is 0 Å². The quantitative estimate of drug-likeness (QED) is 0.694. The molecule has 0 radical (unpaired) electrons. The van der Waals surface area contributed by atoms with E-state index in [0.717, 1.165) is 19.1 Å². The topological polar surface area (TPSA) is 21.3 Å². The van der Waals surface area contributed by atoms with Crippen LogP contribution in [0, 0.1) is 11.8 Å². The zero-order valence-corrected chi connectivity index (χ0v) is 8.47. The molecule has 2 heteroatoms. The van der Waals surface area contributed by atoms with Gasteiger partial charge in [0.2, 0.25) is 0 Å². The van der Waals surface area contributed by atoms with E-state index >= 15 is 0 Å². The highest BCUT2D eigenvalue weighted by Crippen LogP contribution is 2.27. The fourth-order valence-electron chi connectivity index (χ4n) is 2.00. The van der Waals surface area contributed by atoms with Crippen LogP contribution < -0.4 is 5.32 Å². The Kier molecular flexibility index (Phi) is 4.02. The van der Waals surface area contributed by atoms with E-state index in [0.29, 0.717) is 12.0 Å². The zero-order chi connectivity index (χ0) is 8.97. The molecule has 3 unspecified atom stereocenters. The van der Waals surface area contributed by atoms with Crippen LogP contribution in [0.15, 0.2) is 0 Å². The average Bonchev–Trinajstić information content (AvgIpc) is 2.52. The van der Waals surface area contributed by atoms with Gasteiger partial charge in [-0.3, -0.25) is 0 Å². The molecule has 3 atom stereocenters. The lowest BCUT2D eigenvalue weighted by atomic mass is 9.90. The minimum absolute atomic E-state index is 0.502. The summed E-state index contributed by atoms with van der Waals surface area (Å²) in [5.41, 5.74) is 0. The summed E-state index contributed by atoms with van der Waals surface area (Å²) in [6.45, 7) is 6.60. The molecule has 0 spiro atoms. The van der Waals surface area contributed by atoms with Crippen molar-refractivity contribution in [3.8, 4) is 0 Å². The summed E-state index contributed by atoms with van der Waals surface area (Å²) in [6, 6.07) is 0. The van der Waals surface area contributed by atoms with Crippen LogP contribution in [0.3, 0.4) is 0 Å². The third-order valence-corrected chi connectivity index (χ3v) is 2.93. The first-order valence-electron chi connectivity index (χ1n) is 5.05. The van der Waals surface area contributed by atoms with Crippen molar-refractivity contribution in [2.75, 3.05) is 20.2 Å². The summed E-state index contributed by atoms with van der Waals surface area (Å²) in [4.78, 5) is 0. The van der Waals surface area contributed by atoms with Crippen LogP contribution >= 0.6 is 0 Å². The molecule has 1 N–H and O–H groups in total. The number of ether oxygens (including phenoxy) is 1. The Morgan fingerprint density at radius 2 is 2.33 bits per heavy atom. The van der Waals surface area contributed by atoms with Crippen molar-refractivity contribution in [1.82, 2.24) is 5.32 Å². The molecule has 0 aromatic carbocycles. The summed E-state index contributed by atoms with van der Waals surface area (Å²) in [5.74, 6) is 1.45. The first kappa shape index (κ1) is 10.0. The second-order valence-corrected chi connectivity index (χ2v) is 3.83. The van der Waals surface area contributed by atoms with Gasteiger partial charge in [-0.05, 0) is 25.3 Å². The molecule has 72 valence electrons. The maximum absolute atomic E-state index is 5.73. The molecule has 0 bridgehead atoms. The zero-order valence-electron chi connectivity index (χ0n) is 8.47. The molecule has 0 saturated carbocycles. The van der Waals surface area contributed by atoms with Gasteiger partial charge in [-0.1, -0.05) is 20.3 Å². The standard InChI is InChI=1S/C10H21NO/c1-4-8(2)10-9(7-11-3)5-6-12-10/h8-11H,4-7H2,1-3H3. The first-order valence-corrected chi connectivity index (χ1v) is 5.05. The van der Waals surface area contributed by atoms with Gasteiger partial charge < -0.3 is 10.1 Å². The monoisotopic (exact) mass is 171 g/mol. The molecule has 1 saturated heterocycles. The fourth-order valence-corrected chi connectivity index (χ4v) is 2.00. The molecule has 1 fully saturated rings. The molecule has 2 nitrogen and oxygen atoms in total. The highest BCUT2D eigenvalue weighted by Gasteiger charge is 2.30. The molecule has 1 heterocycles. The second kappa shape index (κ2) is 4.83. The lowest BCUT2D eigenvalue weighted by Gasteiger charge is -2.23. The molecule has 0 amide bonds. The highest BCUT2D eigenvalue weighted by molar-refractivity contribution is 4.80. The van der Waals surface area contributed by atoms with E-state index < -0.39 is 0 Å². The SMILES string of the molecule is CCC(C)C1OCCC1CNC. The van der Waals surface area contributed by atoms with E-state index in [1.807, 2.05) is 7.05 Å². The summed E-state index contributed by atoms with van der Waals surface area (Å²) in [5, 5.41) is 3.24. The van der Waals surface area contributed by atoms with Gasteiger partial charge in [-0.15, -0.1) is 0 Å². The Hall–Kier alpha value is -0.0800. The van der Waals surface area contributed by atoms with E-state index in [9.17, 15) is 0 Å². The molecule has 1 rings (SSSR count). The number of rotatable bonds is 4. The largest absolute Gasteiger partial charge is 0.378 e. The van der Waals surface area contributed by atoms with E-state index in [1.165, 1.54) is 12.8 Å². The second-order valence-electron chi connectivity index (χ2n) is 3.83. The minimum atomic E-state index is 0.502. The van der Waals surface area contributed by atoms with Crippen LogP contribution in [0.2, 0.25) is 0 Å². The smallest absolute Gasteiger partial charge is 0.0641 e. The molecule has 0 aromatic heterocycles. The van der Waals surface area contributed by atoms with E-state index in [4.69, 9.17) is 4.74 Å². The van der Waals surface area contributed by atoms with E-state index in [-0.39, 0.29) is 0 Å². The van der Waals surface area contributed by atoms with Crippen molar-refractivity contribution < 1.29 is 4.74 Å². The maximum atomic E-state index is 5.73. The molecule has 1 aliphatic heterocycles. The predicted octanol–water partition coefficient (Wildman–Crippen LogP) is 1.66. The lowest BCUT2D eigenvalue weighted by Crippen LogP contribution is -2.30. The Bertz CT molecular complexity index is 127. The van der Waals surface area contributed by atoms with Crippen molar-refractivity contribution in [2.45, 2.75) is 32.8 Å². The average molecular weight is 171 g/mol. The third kappa shape index (κ3) is 2.20. The summed E-state index contributed by atoms with van der Waals surface area (Å²) in [7, 11) is 2.02. The fraction of sp³-hybridized carbons (Fsp3) is 1.00. The first-order chi connectivity index (χ1) is 5.79. The van der Waals surface area contributed by atoms with Crippen molar-refractivity contribution in [2.24, 2.45) is 11.8 Å². The molecule has 0 aliphatic carbocycles. The highest BCUT2D eigenvalue weighted by atomic mass is 16.5. The van der Waals surface area contributed by atoms with Gasteiger partial charge >= 0.3 is 0 Å². The maximum Gasteiger partial charge on any atom is 0.0641 e. The van der Waals surface area contributed by atoms with E-state index in [1.54, 1.807) is 0 Å². The molecule has 1 aliphatic rings. The molecule has 12 heavy (non-hydrogen) atoms. The Balaban J connectivity index is 2.40. The Morgan fingerprint density at radius 3 is 2.92 bits per heavy atom. The number of hydrogen-bond acceptors (Lipinski definition) is 2. The lowest BCUT2D eigenvalue weighted by molar-refractivity contribution is 0.0468. The van der Waals surface area contributed by atoms with Gasteiger partial charge in [-0.25, -0.2) is 0 Å². The number of nitrogens with one attached hydrogen (secondary N) is 1. The third-order valence-electron chi connectivity index (χ3n) is 2.93. The van der Waals surface area contributed by atoms with Crippen LogP contribution in [-0.2, 0) is 4.74 Å². The Morgan fingerprint density at radius 1 is 1.58 bits per heavy atom. The number of hydrogen-bond donors (Lipinski definition) is 1. The van der Waals surface area contributed by atoms with Gasteiger partial charge in [0.1, 0.15) is 0 Å². The summed E-state index contributed by atoms with van der Waals surface area (Å²) >= 11 is 0. The summed E-state index contributed by atoms with van der Waals surface area (Å²) in [6.07, 6.45) is 2.96. The van der Waals surface area contributed by atoms with E-state index in [2.05, 4.69) is 19.2 Å². The van der Waals surface area contributed by atoms with Crippen molar-refractivity contribution in [1.29, 1.82) is 0 Å². The van der Waals surface area contributed by atoms with Gasteiger partial charge in [0, 0.05) is 13.2 Å². The van der Waals surface area contributed by atoms with Crippen LogP contribution in [0.4, 0.5) is 0 Å². The van der Waals surface area contributed by atoms with Crippen molar-refractivity contribution in [3.63, 3.8) is 0 Å². The van der Waals surface area contributed by atoms with Gasteiger partial charge in [-0.2, -0.15) is 0 Å². The van der Waals surface area contributed by atoms with Crippen LogP contribution in [0.25, 0.3) is 0 Å². The van der Waals surface area contributed by atoms with Crippen LogP contribution in [-0.4, -0.2) is 26.3 Å². The van der Waals surface area contributed by atoms with Crippen LogP contribution in [0.5, 0.6) is 0 Å². The molecular weight excluding hydrogens is 150 g/mol.